The van der Waals surface area contributed by atoms with Gasteiger partial charge in [-0.3, -0.25) is 9.59 Å². The zero-order valence-corrected chi connectivity index (χ0v) is 15.3. The lowest BCUT2D eigenvalue weighted by atomic mass is 10.1. The van der Waals surface area contributed by atoms with E-state index in [-0.39, 0.29) is 11.8 Å². The van der Waals surface area contributed by atoms with E-state index in [9.17, 15) is 9.59 Å². The molecule has 2 amide bonds. The minimum absolute atomic E-state index is 0.117. The molecule has 0 heterocycles. The zero-order chi connectivity index (χ0) is 18.4. The second-order valence-corrected chi connectivity index (χ2v) is 6.33. The van der Waals surface area contributed by atoms with Gasteiger partial charge in [-0.15, -0.1) is 0 Å². The Balaban J connectivity index is 1.88. The summed E-state index contributed by atoms with van der Waals surface area (Å²) in [7, 11) is 0. The second-order valence-electron chi connectivity index (χ2n) is 5.93. The maximum atomic E-state index is 12.1. The van der Waals surface area contributed by atoms with Crippen molar-refractivity contribution in [3.63, 3.8) is 0 Å². The van der Waals surface area contributed by atoms with Crippen molar-refractivity contribution in [1.82, 2.24) is 0 Å². The summed E-state index contributed by atoms with van der Waals surface area (Å²) < 4.78 is 0. The highest BCUT2D eigenvalue weighted by Crippen LogP contribution is 2.27. The molecule has 2 rings (SSSR count). The Kier molecular flexibility index (Phi) is 6.42. The summed E-state index contributed by atoms with van der Waals surface area (Å²) in [6, 6.07) is 11.0. The molecule has 0 aliphatic rings. The van der Waals surface area contributed by atoms with Crippen LogP contribution in [0.2, 0.25) is 5.02 Å². The van der Waals surface area contributed by atoms with E-state index in [1.165, 1.54) is 6.92 Å². The van der Waals surface area contributed by atoms with E-state index in [2.05, 4.69) is 16.0 Å². The molecule has 25 heavy (non-hydrogen) atoms. The number of benzene rings is 2. The molecule has 2 aromatic rings. The predicted molar refractivity (Wildman–Crippen MR) is 103 cm³/mol. The van der Waals surface area contributed by atoms with Crippen LogP contribution >= 0.6 is 11.6 Å². The fourth-order valence-electron chi connectivity index (χ4n) is 2.54. The van der Waals surface area contributed by atoms with E-state index >= 15 is 0 Å². The Hall–Kier alpha value is -2.53. The molecule has 0 fully saturated rings. The maximum Gasteiger partial charge on any atom is 0.226 e. The highest BCUT2D eigenvalue weighted by Gasteiger charge is 2.07. The molecule has 0 bridgehead atoms. The van der Waals surface area contributed by atoms with Gasteiger partial charge in [-0.05, 0) is 49.2 Å². The summed E-state index contributed by atoms with van der Waals surface area (Å²) in [5, 5.41) is 9.37. The molecule has 2 aromatic carbocycles. The van der Waals surface area contributed by atoms with Crippen LogP contribution in [0.1, 0.15) is 24.5 Å². The third-order valence-electron chi connectivity index (χ3n) is 3.55. The zero-order valence-electron chi connectivity index (χ0n) is 14.6. The number of rotatable bonds is 6. The molecule has 0 aromatic heterocycles. The van der Waals surface area contributed by atoms with Crippen molar-refractivity contribution in [3.05, 3.63) is 52.5 Å². The molecular formula is C19H22ClN3O2. The summed E-state index contributed by atoms with van der Waals surface area (Å²) in [5.74, 6) is -0.272. The lowest BCUT2D eigenvalue weighted by Gasteiger charge is -2.13. The largest absolute Gasteiger partial charge is 0.383 e. The number of carbonyl (C=O) groups is 2. The highest BCUT2D eigenvalue weighted by molar-refractivity contribution is 6.33. The van der Waals surface area contributed by atoms with Gasteiger partial charge in [0, 0.05) is 31.3 Å². The van der Waals surface area contributed by atoms with Crippen LogP contribution in [0.4, 0.5) is 17.1 Å². The number of aryl methyl sites for hydroxylation is 2. The first kappa shape index (κ1) is 18.8. The first-order valence-electron chi connectivity index (χ1n) is 8.03. The van der Waals surface area contributed by atoms with Crippen LogP contribution in [-0.4, -0.2) is 18.4 Å². The minimum Gasteiger partial charge on any atom is -0.383 e. The monoisotopic (exact) mass is 359 g/mol. The number of carbonyl (C=O) groups excluding carboxylic acids is 2. The van der Waals surface area contributed by atoms with Crippen molar-refractivity contribution in [2.24, 2.45) is 0 Å². The van der Waals surface area contributed by atoms with Crippen LogP contribution in [0.3, 0.4) is 0 Å². The summed E-state index contributed by atoms with van der Waals surface area (Å²) in [5.41, 5.74) is 4.29. The third kappa shape index (κ3) is 5.80. The second kappa shape index (κ2) is 8.53. The van der Waals surface area contributed by atoms with Gasteiger partial charge in [-0.2, -0.15) is 0 Å². The van der Waals surface area contributed by atoms with Crippen LogP contribution in [0, 0.1) is 13.8 Å². The van der Waals surface area contributed by atoms with Crippen LogP contribution in [0.5, 0.6) is 0 Å². The molecule has 0 aliphatic carbocycles. The maximum absolute atomic E-state index is 12.1. The van der Waals surface area contributed by atoms with E-state index in [1.54, 1.807) is 24.3 Å². The number of anilines is 3. The van der Waals surface area contributed by atoms with Crippen LogP contribution in [0.15, 0.2) is 36.4 Å². The quantitative estimate of drug-likeness (QED) is 0.717. The summed E-state index contributed by atoms with van der Waals surface area (Å²) in [4.78, 5) is 23.2. The average Bonchev–Trinajstić information content (AvgIpc) is 2.49. The number of hydrogen-bond donors (Lipinski definition) is 3. The van der Waals surface area contributed by atoms with Crippen molar-refractivity contribution < 1.29 is 9.59 Å². The van der Waals surface area contributed by atoms with Gasteiger partial charge in [0.05, 0.1) is 10.7 Å². The first-order chi connectivity index (χ1) is 11.8. The van der Waals surface area contributed by atoms with Crippen LogP contribution < -0.4 is 16.0 Å². The predicted octanol–water partition coefficient (Wildman–Crippen LogP) is 4.36. The molecular weight excluding hydrogens is 338 g/mol. The fourth-order valence-corrected chi connectivity index (χ4v) is 2.93. The molecule has 5 nitrogen and oxygen atoms in total. The normalized spacial score (nSPS) is 10.2. The van der Waals surface area contributed by atoms with Gasteiger partial charge in [-0.1, -0.05) is 23.7 Å². The Morgan fingerprint density at radius 3 is 2.36 bits per heavy atom. The molecule has 0 atom stereocenters. The third-order valence-corrected chi connectivity index (χ3v) is 3.85. The summed E-state index contributed by atoms with van der Waals surface area (Å²) in [6.07, 6.45) is 0.300. The van der Waals surface area contributed by atoms with Crippen molar-refractivity contribution in [2.45, 2.75) is 27.2 Å². The van der Waals surface area contributed by atoms with Gasteiger partial charge in [0.25, 0.3) is 0 Å². The molecule has 0 radical (unpaired) electrons. The topological polar surface area (TPSA) is 70.2 Å². The van der Waals surface area contributed by atoms with E-state index in [0.717, 1.165) is 16.8 Å². The van der Waals surface area contributed by atoms with Crippen LogP contribution in [-0.2, 0) is 9.59 Å². The Labute approximate surface area is 152 Å². The number of halogens is 1. The number of nitrogens with one attached hydrogen (secondary N) is 3. The highest BCUT2D eigenvalue weighted by atomic mass is 35.5. The summed E-state index contributed by atoms with van der Waals surface area (Å²) in [6.45, 7) is 5.88. The molecule has 6 heteroatoms. The van der Waals surface area contributed by atoms with Gasteiger partial charge in [0.1, 0.15) is 0 Å². The number of amides is 2. The molecule has 0 saturated carbocycles. The fraction of sp³-hybridized carbons (Fsp3) is 0.263. The van der Waals surface area contributed by atoms with Crippen molar-refractivity contribution in [3.8, 4) is 0 Å². The Bertz CT molecular complexity index is 767. The Morgan fingerprint density at radius 1 is 1.04 bits per heavy atom. The van der Waals surface area contributed by atoms with Crippen molar-refractivity contribution in [2.75, 3.05) is 22.5 Å². The van der Waals surface area contributed by atoms with Gasteiger partial charge in [-0.25, -0.2) is 0 Å². The van der Waals surface area contributed by atoms with Crippen molar-refractivity contribution >= 4 is 40.5 Å². The molecule has 0 spiro atoms. The lowest BCUT2D eigenvalue weighted by Crippen LogP contribution is -2.17. The van der Waals surface area contributed by atoms with E-state index in [1.807, 2.05) is 26.0 Å². The van der Waals surface area contributed by atoms with Crippen molar-refractivity contribution in [1.29, 1.82) is 0 Å². The lowest BCUT2D eigenvalue weighted by molar-refractivity contribution is -0.116. The molecule has 132 valence electrons. The smallest absolute Gasteiger partial charge is 0.226 e. The number of hydrogen-bond acceptors (Lipinski definition) is 3. The Morgan fingerprint density at radius 2 is 1.72 bits per heavy atom. The minimum atomic E-state index is -0.155. The van der Waals surface area contributed by atoms with Gasteiger partial charge in [0.15, 0.2) is 0 Å². The van der Waals surface area contributed by atoms with E-state index < -0.39 is 0 Å². The van der Waals surface area contributed by atoms with E-state index in [0.29, 0.717) is 29.4 Å². The summed E-state index contributed by atoms with van der Waals surface area (Å²) >= 11 is 6.24. The molecule has 0 unspecified atom stereocenters. The SMILES string of the molecule is CC(=O)Nc1cccc(NC(=O)CCNc2c(C)cc(C)cc2Cl)c1. The average molecular weight is 360 g/mol. The van der Waals surface area contributed by atoms with Crippen LogP contribution in [0.25, 0.3) is 0 Å². The van der Waals surface area contributed by atoms with Gasteiger partial charge < -0.3 is 16.0 Å². The van der Waals surface area contributed by atoms with Gasteiger partial charge >= 0.3 is 0 Å². The van der Waals surface area contributed by atoms with E-state index in [4.69, 9.17) is 11.6 Å². The standard InChI is InChI=1S/C19H22ClN3O2/c1-12-9-13(2)19(17(20)10-12)21-8-7-18(25)23-16-6-4-5-15(11-16)22-14(3)24/h4-6,9-11,21H,7-8H2,1-3H3,(H,22,24)(H,23,25). The van der Waals surface area contributed by atoms with Gasteiger partial charge in [0.2, 0.25) is 11.8 Å². The molecule has 0 saturated heterocycles. The molecule has 3 N–H and O–H groups in total. The molecule has 0 aliphatic heterocycles. The first-order valence-corrected chi connectivity index (χ1v) is 8.41.